The lowest BCUT2D eigenvalue weighted by atomic mass is 9.50. The molecule has 1 saturated heterocycles. The number of rotatable bonds is 6. The van der Waals surface area contributed by atoms with Gasteiger partial charge in [0.25, 0.3) is 5.56 Å². The number of fused-ring (bicyclic) bond motifs is 4. The molecule has 2 aliphatic heterocycles. The number of piperazine rings is 1. The van der Waals surface area contributed by atoms with Crippen LogP contribution in [0.1, 0.15) is 38.5 Å². The fraction of sp³-hybridized carbons (Fsp3) is 0.486. The van der Waals surface area contributed by atoms with Crippen LogP contribution in [0.15, 0.2) is 47.4 Å². The van der Waals surface area contributed by atoms with Gasteiger partial charge in [0, 0.05) is 43.0 Å². The van der Waals surface area contributed by atoms with Gasteiger partial charge in [0.15, 0.2) is 5.65 Å². The van der Waals surface area contributed by atoms with Crippen LogP contribution < -0.4 is 25.2 Å². The number of nitrogens with zero attached hydrogens (tertiary/aromatic N) is 6. The van der Waals surface area contributed by atoms with Gasteiger partial charge < -0.3 is 24.6 Å². The predicted molar refractivity (Wildman–Crippen MR) is 183 cm³/mol. The molecule has 0 spiro atoms. The number of hydrogen-bond acceptors (Lipinski definition) is 9. The molecule has 1 N–H and O–H groups in total. The molecule has 244 valence electrons. The molecular formula is C35H37Cl2N7O3. The number of benzene rings is 2. The molecule has 0 amide bonds. The van der Waals surface area contributed by atoms with Gasteiger partial charge in [0.1, 0.15) is 17.7 Å². The van der Waals surface area contributed by atoms with E-state index in [2.05, 4.69) is 38.2 Å². The molecule has 12 heteroatoms. The molecule has 2 aromatic carbocycles. The molecule has 0 radical (unpaired) electrons. The number of halogens is 2. The van der Waals surface area contributed by atoms with Gasteiger partial charge in [0.05, 0.1) is 34.1 Å². The number of aromatic nitrogens is 4. The van der Waals surface area contributed by atoms with Crippen LogP contribution in [0, 0.1) is 23.2 Å². The first-order valence-corrected chi connectivity index (χ1v) is 17.4. The van der Waals surface area contributed by atoms with Gasteiger partial charge in [0.2, 0.25) is 5.95 Å². The molecule has 2 aromatic heterocycles. The molecule has 1 unspecified atom stereocenters. The second-order valence-electron chi connectivity index (χ2n) is 14.5. The van der Waals surface area contributed by atoms with Gasteiger partial charge in [-0.3, -0.25) is 4.79 Å². The van der Waals surface area contributed by atoms with Crippen molar-refractivity contribution in [2.75, 3.05) is 50.1 Å². The molecular weight excluding hydrogens is 637 g/mol. The van der Waals surface area contributed by atoms with E-state index in [0.717, 1.165) is 54.5 Å². The third kappa shape index (κ3) is 5.20. The van der Waals surface area contributed by atoms with Crippen molar-refractivity contribution in [2.24, 2.45) is 23.2 Å². The summed E-state index contributed by atoms with van der Waals surface area (Å²) in [6.45, 7) is 4.11. The SMILES string of the molecule is CN1CCN2c3ccc(Nc4ncc5c(=O)n(-c6c(Cl)cccc6Cl)c(OCC67CC8CC(CC(C8)C6)C7)nc5n4)cc3OCC2C1. The number of nitrogens with one attached hydrogen (secondary N) is 1. The Morgan fingerprint density at radius 1 is 1.02 bits per heavy atom. The minimum absolute atomic E-state index is 0.105. The van der Waals surface area contributed by atoms with E-state index >= 15 is 0 Å². The van der Waals surface area contributed by atoms with Crippen LogP contribution in [0.5, 0.6) is 11.8 Å². The Hall–Kier alpha value is -3.60. The lowest BCUT2D eigenvalue weighted by Crippen LogP contribution is -2.56. The standard InChI is InChI=1S/C35H37Cl2N7O3/c1-42-7-8-43-24(17-42)18-46-29-12-23(5-6-28(29)43)39-33-38-16-25-31(40-33)41-34(44(32(25)45)30-26(36)3-2-4-27(30)37)47-19-35-13-20-9-21(14-35)11-22(10-20)15-35/h2-6,12,16,20-22,24H,7-11,13-15,17-19H2,1H3,(H,38,39,40). The van der Waals surface area contributed by atoms with Crippen molar-refractivity contribution in [1.29, 1.82) is 0 Å². The Morgan fingerprint density at radius 3 is 2.51 bits per heavy atom. The van der Waals surface area contributed by atoms with Crippen LogP contribution in [-0.2, 0) is 0 Å². The number of likely N-dealkylation sites (N-methyl/N-ethyl adjacent to an activating group) is 1. The highest BCUT2D eigenvalue weighted by Crippen LogP contribution is 2.60. The summed E-state index contributed by atoms with van der Waals surface area (Å²) < 4.78 is 14.1. The number of anilines is 3. The third-order valence-electron chi connectivity index (χ3n) is 11.1. The minimum Gasteiger partial charge on any atom is -0.489 e. The fourth-order valence-corrected chi connectivity index (χ4v) is 9.99. The van der Waals surface area contributed by atoms with Crippen molar-refractivity contribution in [3.63, 3.8) is 0 Å². The van der Waals surface area contributed by atoms with Gasteiger partial charge >= 0.3 is 6.01 Å². The summed E-state index contributed by atoms with van der Waals surface area (Å²) >= 11 is 13.3. The van der Waals surface area contributed by atoms with Crippen molar-refractivity contribution in [2.45, 2.75) is 44.6 Å². The van der Waals surface area contributed by atoms with Crippen LogP contribution in [0.2, 0.25) is 10.0 Å². The van der Waals surface area contributed by atoms with Gasteiger partial charge in [-0.2, -0.15) is 9.97 Å². The maximum absolute atomic E-state index is 14.1. The van der Waals surface area contributed by atoms with Crippen LogP contribution in [0.4, 0.5) is 17.3 Å². The largest absolute Gasteiger partial charge is 0.489 e. The number of ether oxygens (including phenoxy) is 2. The summed E-state index contributed by atoms with van der Waals surface area (Å²) in [7, 11) is 2.15. The molecule has 5 fully saturated rings. The average Bonchev–Trinajstić information content (AvgIpc) is 3.04. The molecule has 10 nitrogen and oxygen atoms in total. The van der Waals surface area contributed by atoms with Crippen molar-refractivity contribution >= 4 is 51.6 Å². The first-order valence-electron chi connectivity index (χ1n) is 16.7. The van der Waals surface area contributed by atoms with E-state index in [1.807, 2.05) is 12.1 Å². The van der Waals surface area contributed by atoms with E-state index < -0.39 is 0 Å². The van der Waals surface area contributed by atoms with E-state index in [0.29, 0.717) is 40.9 Å². The van der Waals surface area contributed by atoms with Crippen molar-refractivity contribution in [1.82, 2.24) is 24.4 Å². The zero-order chi connectivity index (χ0) is 31.9. The van der Waals surface area contributed by atoms with E-state index in [1.165, 1.54) is 49.3 Å². The lowest BCUT2D eigenvalue weighted by molar-refractivity contribution is -0.0761. The van der Waals surface area contributed by atoms with Gasteiger partial charge in [-0.05, 0) is 87.6 Å². The maximum atomic E-state index is 14.1. The molecule has 47 heavy (non-hydrogen) atoms. The summed E-state index contributed by atoms with van der Waals surface area (Å²) in [5, 5.41) is 4.19. The molecule has 10 rings (SSSR count). The zero-order valence-electron chi connectivity index (χ0n) is 26.3. The Balaban J connectivity index is 1.05. The van der Waals surface area contributed by atoms with Crippen molar-refractivity contribution < 1.29 is 9.47 Å². The van der Waals surface area contributed by atoms with Crippen LogP contribution in [0.3, 0.4) is 0 Å². The summed E-state index contributed by atoms with van der Waals surface area (Å²) in [5.74, 6) is 3.46. The molecule has 4 heterocycles. The first-order chi connectivity index (χ1) is 22.8. The van der Waals surface area contributed by atoms with Crippen LogP contribution in [0.25, 0.3) is 16.7 Å². The lowest BCUT2D eigenvalue weighted by Gasteiger charge is -2.56. The summed E-state index contributed by atoms with van der Waals surface area (Å²) in [6, 6.07) is 11.7. The first kappa shape index (κ1) is 29.5. The van der Waals surface area contributed by atoms with Crippen molar-refractivity contribution in [3.05, 3.63) is 63.0 Å². The average molecular weight is 675 g/mol. The zero-order valence-corrected chi connectivity index (χ0v) is 27.8. The van der Waals surface area contributed by atoms with Crippen molar-refractivity contribution in [3.8, 4) is 17.4 Å². The second kappa shape index (κ2) is 11.2. The van der Waals surface area contributed by atoms with Crippen LogP contribution >= 0.6 is 23.2 Å². The molecule has 4 bridgehead atoms. The molecule has 6 aliphatic rings. The van der Waals surface area contributed by atoms with E-state index in [4.69, 9.17) is 37.7 Å². The minimum atomic E-state index is -0.388. The highest BCUT2D eigenvalue weighted by Gasteiger charge is 2.51. The molecule has 4 saturated carbocycles. The number of hydrogen-bond donors (Lipinski definition) is 1. The Kier molecular flexibility index (Phi) is 7.06. The predicted octanol–water partition coefficient (Wildman–Crippen LogP) is 6.33. The van der Waals surface area contributed by atoms with E-state index in [9.17, 15) is 4.79 Å². The van der Waals surface area contributed by atoms with Crippen LogP contribution in [-0.4, -0.2) is 70.4 Å². The van der Waals surface area contributed by atoms with Gasteiger partial charge in [-0.15, -0.1) is 0 Å². The van der Waals surface area contributed by atoms with Gasteiger partial charge in [-0.1, -0.05) is 29.3 Å². The van der Waals surface area contributed by atoms with E-state index in [1.54, 1.807) is 18.2 Å². The monoisotopic (exact) mass is 673 g/mol. The highest BCUT2D eigenvalue weighted by molar-refractivity contribution is 6.37. The summed E-state index contributed by atoms with van der Waals surface area (Å²) in [6.07, 6.45) is 9.01. The molecule has 4 aliphatic carbocycles. The Bertz CT molecular complexity index is 1900. The second-order valence-corrected chi connectivity index (χ2v) is 15.3. The normalized spacial score (nSPS) is 27.8. The van der Waals surface area contributed by atoms with E-state index in [-0.39, 0.29) is 28.0 Å². The Labute approximate surface area is 283 Å². The third-order valence-corrected chi connectivity index (χ3v) is 11.7. The summed E-state index contributed by atoms with van der Waals surface area (Å²) in [5.41, 5.74) is 2.18. The maximum Gasteiger partial charge on any atom is 0.306 e. The number of para-hydroxylation sites is 1. The van der Waals surface area contributed by atoms with Gasteiger partial charge in [-0.25, -0.2) is 9.55 Å². The smallest absolute Gasteiger partial charge is 0.306 e. The quantitative estimate of drug-likeness (QED) is 0.252. The topological polar surface area (TPSA) is 97.6 Å². The Morgan fingerprint density at radius 2 is 1.77 bits per heavy atom. The molecule has 4 aromatic rings. The molecule has 1 atom stereocenters. The fourth-order valence-electron chi connectivity index (χ4n) is 9.43. The summed E-state index contributed by atoms with van der Waals surface area (Å²) in [4.78, 5) is 32.9. The highest BCUT2D eigenvalue weighted by atomic mass is 35.5.